The van der Waals surface area contributed by atoms with Crippen molar-refractivity contribution >= 4 is 72.8 Å². The van der Waals surface area contributed by atoms with Crippen molar-refractivity contribution in [3.05, 3.63) is 188 Å². The maximum Gasteiger partial charge on any atom is 0.328 e. The van der Waals surface area contributed by atoms with E-state index in [4.69, 9.17) is 9.10 Å². The second-order valence-corrected chi connectivity index (χ2v) is 13.3. The maximum absolute atomic E-state index is 9.27. The molecule has 52 heavy (non-hydrogen) atoms. The molecule has 11 rings (SSSR count). The van der Waals surface area contributed by atoms with Crippen molar-refractivity contribution in [3.63, 3.8) is 0 Å². The molecule has 0 aliphatic carbocycles. The fourth-order valence-electron chi connectivity index (χ4n) is 8.36. The minimum atomic E-state index is -0.281. The molecule has 0 atom stereocenters. The normalized spacial score (nSPS) is 13.6. The van der Waals surface area contributed by atoms with Gasteiger partial charge in [-0.1, -0.05) is 151 Å². The molecule has 1 aliphatic heterocycles. The lowest BCUT2D eigenvalue weighted by Gasteiger charge is -2.39. The van der Waals surface area contributed by atoms with Gasteiger partial charge in [0.25, 0.3) is 0 Å². The predicted molar refractivity (Wildman–Crippen MR) is 218 cm³/mol. The lowest BCUT2D eigenvalue weighted by molar-refractivity contribution is 1.01. The van der Waals surface area contributed by atoms with Crippen LogP contribution < -0.4 is 15.7 Å². The third-order valence-corrected chi connectivity index (χ3v) is 10.5. The molecule has 7 aromatic carbocycles. The van der Waals surface area contributed by atoms with Crippen molar-refractivity contribution in [2.24, 2.45) is 0 Å². The fraction of sp³-hybridized carbons (Fsp3) is 0. The second-order valence-electron chi connectivity index (χ2n) is 13.3. The van der Waals surface area contributed by atoms with Crippen LogP contribution in [0.5, 0.6) is 0 Å². The molecule has 3 aromatic heterocycles. The predicted octanol–water partition coefficient (Wildman–Crippen LogP) is 10.2. The fourth-order valence-corrected chi connectivity index (χ4v) is 8.36. The quantitative estimate of drug-likeness (QED) is 0.175. The van der Waals surface area contributed by atoms with Crippen LogP contribution in [0.4, 0.5) is 11.4 Å². The molecule has 0 unspecified atom stereocenters. The van der Waals surface area contributed by atoms with E-state index < -0.39 is 0 Å². The van der Waals surface area contributed by atoms with E-state index in [0.29, 0.717) is 22.5 Å². The molecule has 10 aromatic rings. The number of rotatable bonds is 4. The molecule has 242 valence electrons. The average molecular weight is 667 g/mol. The van der Waals surface area contributed by atoms with E-state index in [1.54, 1.807) is 0 Å². The molecule has 0 saturated carbocycles. The van der Waals surface area contributed by atoms with Gasteiger partial charge in [-0.05, 0) is 41.3 Å². The van der Waals surface area contributed by atoms with E-state index in [-0.39, 0.29) is 31.0 Å². The summed E-state index contributed by atoms with van der Waals surface area (Å²) in [6, 6.07) is 55.8. The van der Waals surface area contributed by atoms with E-state index in [2.05, 4.69) is 143 Å². The number of benzene rings is 7. The molecular formula is C47H31BN4. The van der Waals surface area contributed by atoms with Gasteiger partial charge in [0.05, 0.1) is 27.5 Å². The van der Waals surface area contributed by atoms with Crippen LogP contribution >= 0.6 is 0 Å². The van der Waals surface area contributed by atoms with E-state index in [0.717, 1.165) is 55.1 Å². The Morgan fingerprint density at radius 3 is 1.67 bits per heavy atom. The Morgan fingerprint density at radius 1 is 0.462 bits per heavy atom. The lowest BCUT2D eigenvalue weighted by atomic mass is 9.46. The SMILES string of the molecule is [2H]c1c([2H])c([2H])c2c(c1[2H])c1ccccc1n2-c1cc(N2B(c3ccccc3)c3ccccc3-c3ccccc32)cc(-n2c3ccccc3c3ccccc32)n1. The first-order chi connectivity index (χ1) is 27.5. The molecule has 4 heterocycles. The Labute approximate surface area is 307 Å². The Morgan fingerprint density at radius 2 is 0.981 bits per heavy atom. The summed E-state index contributed by atoms with van der Waals surface area (Å²) in [6.07, 6.45) is 0. The van der Waals surface area contributed by atoms with Gasteiger partial charge in [-0.15, -0.1) is 0 Å². The highest BCUT2D eigenvalue weighted by atomic mass is 15.2. The highest BCUT2D eigenvalue weighted by molar-refractivity contribution is 6.90. The monoisotopic (exact) mass is 666 g/mol. The second kappa shape index (κ2) is 11.3. The van der Waals surface area contributed by atoms with Gasteiger partial charge in [-0.3, -0.25) is 9.13 Å². The molecule has 0 radical (unpaired) electrons. The first-order valence-electron chi connectivity index (χ1n) is 19.5. The Kier molecular flexibility index (Phi) is 5.49. The van der Waals surface area contributed by atoms with E-state index in [1.807, 2.05) is 34.9 Å². The van der Waals surface area contributed by atoms with Crippen LogP contribution in [0.1, 0.15) is 5.48 Å². The zero-order chi connectivity index (χ0) is 37.7. The molecule has 0 amide bonds. The molecule has 0 fully saturated rings. The number of pyridine rings is 1. The van der Waals surface area contributed by atoms with Crippen LogP contribution in [0.2, 0.25) is 0 Å². The molecule has 0 bridgehead atoms. The number of anilines is 2. The first kappa shape index (κ1) is 25.2. The van der Waals surface area contributed by atoms with E-state index in [9.17, 15) is 1.37 Å². The number of aromatic nitrogens is 3. The van der Waals surface area contributed by atoms with Crippen LogP contribution in [0.25, 0.3) is 66.4 Å². The minimum Gasteiger partial charge on any atom is -0.376 e. The van der Waals surface area contributed by atoms with E-state index in [1.165, 1.54) is 11.0 Å². The first-order valence-corrected chi connectivity index (χ1v) is 17.5. The van der Waals surface area contributed by atoms with E-state index >= 15 is 0 Å². The minimum absolute atomic E-state index is 0.0690. The summed E-state index contributed by atoms with van der Waals surface area (Å²) in [5.41, 5.74) is 9.72. The van der Waals surface area contributed by atoms with Crippen LogP contribution in [0, 0.1) is 0 Å². The summed E-state index contributed by atoms with van der Waals surface area (Å²) in [5.74, 6) is 1.23. The number of hydrogen-bond acceptors (Lipinski definition) is 2. The third-order valence-electron chi connectivity index (χ3n) is 10.5. The zero-order valence-corrected chi connectivity index (χ0v) is 28.0. The Hall–Kier alpha value is -6.85. The van der Waals surface area contributed by atoms with Crippen LogP contribution in [-0.4, -0.2) is 21.0 Å². The highest BCUT2D eigenvalue weighted by Crippen LogP contribution is 2.42. The molecule has 0 spiro atoms. The van der Waals surface area contributed by atoms with Crippen molar-refractivity contribution in [1.82, 2.24) is 14.1 Å². The third kappa shape index (κ3) is 4.20. The van der Waals surface area contributed by atoms with Crippen molar-refractivity contribution in [3.8, 4) is 22.8 Å². The zero-order valence-electron chi connectivity index (χ0n) is 32.0. The number of hydrogen-bond donors (Lipinski definition) is 0. The van der Waals surface area contributed by atoms with Crippen molar-refractivity contribution in [2.75, 3.05) is 4.81 Å². The molecule has 5 heteroatoms. The Bertz CT molecular complexity index is 3170. The van der Waals surface area contributed by atoms with Gasteiger partial charge in [0.15, 0.2) is 0 Å². The van der Waals surface area contributed by atoms with Gasteiger partial charge >= 0.3 is 6.85 Å². The average Bonchev–Trinajstić information content (AvgIpc) is 3.78. The maximum atomic E-state index is 9.27. The van der Waals surface area contributed by atoms with Gasteiger partial charge in [0.2, 0.25) is 0 Å². The standard InChI is InChI=1S/C47H31BN4/c1-2-16-32(17-3-1)48-40-24-10-4-18-34(40)35-19-9-15-29-45(35)52(48)33-30-46(50-41-25-11-5-20-36(41)37-21-6-12-26-42(37)50)49-47(31-33)51-43-27-13-7-22-38(43)39-23-8-14-28-44(39)51/h1-31H/i5D,11D,20D,25D. The van der Waals surface area contributed by atoms with Crippen molar-refractivity contribution < 1.29 is 5.48 Å². The summed E-state index contributed by atoms with van der Waals surface area (Å²) in [7, 11) is 0. The molecule has 0 saturated heterocycles. The summed E-state index contributed by atoms with van der Waals surface area (Å²) in [5, 5.41) is 3.43. The molecule has 0 N–H and O–H groups in total. The molecule has 1 aliphatic rings. The number of fused-ring (bicyclic) bond motifs is 9. The van der Waals surface area contributed by atoms with Gasteiger partial charge in [-0.25, -0.2) is 4.98 Å². The van der Waals surface area contributed by atoms with Crippen LogP contribution in [0.3, 0.4) is 0 Å². The summed E-state index contributed by atoms with van der Waals surface area (Å²) >= 11 is 0. The molecular weight excluding hydrogens is 631 g/mol. The van der Waals surface area contributed by atoms with Crippen molar-refractivity contribution in [2.45, 2.75) is 0 Å². The van der Waals surface area contributed by atoms with Crippen LogP contribution in [0.15, 0.2) is 188 Å². The highest BCUT2D eigenvalue weighted by Gasteiger charge is 2.37. The van der Waals surface area contributed by atoms with Crippen molar-refractivity contribution in [1.29, 1.82) is 0 Å². The summed E-state index contributed by atoms with van der Waals surface area (Å²) in [6.45, 7) is -0.195. The smallest absolute Gasteiger partial charge is 0.328 e. The largest absolute Gasteiger partial charge is 0.376 e. The Balaban J connectivity index is 1.30. The van der Waals surface area contributed by atoms with Crippen LogP contribution in [-0.2, 0) is 0 Å². The van der Waals surface area contributed by atoms with Gasteiger partial charge < -0.3 is 4.81 Å². The topological polar surface area (TPSA) is 26.0 Å². The lowest BCUT2D eigenvalue weighted by Crippen LogP contribution is -2.57. The van der Waals surface area contributed by atoms with Gasteiger partial charge in [0.1, 0.15) is 11.6 Å². The summed E-state index contributed by atoms with van der Waals surface area (Å²) < 4.78 is 39.8. The number of para-hydroxylation sites is 5. The molecule has 4 nitrogen and oxygen atoms in total. The van der Waals surface area contributed by atoms with Gasteiger partial charge in [0, 0.05) is 50.6 Å². The number of nitrogens with zero attached hydrogens (tertiary/aromatic N) is 4. The summed E-state index contributed by atoms with van der Waals surface area (Å²) in [4.78, 5) is 7.88. The van der Waals surface area contributed by atoms with Gasteiger partial charge in [-0.2, -0.15) is 0 Å².